The van der Waals surface area contributed by atoms with Gasteiger partial charge in [0.15, 0.2) is 0 Å². The van der Waals surface area contributed by atoms with E-state index < -0.39 is 30.9 Å². The molecule has 18 heavy (non-hydrogen) atoms. The highest BCUT2D eigenvalue weighted by Crippen LogP contribution is 2.22. The molecule has 0 radical (unpaired) electrons. The molecule has 1 aromatic carbocycles. The molecule has 0 unspecified atom stereocenters. The van der Waals surface area contributed by atoms with Crippen molar-refractivity contribution in [3.05, 3.63) is 34.1 Å². The maximum atomic E-state index is 12.8. The van der Waals surface area contributed by atoms with E-state index in [-0.39, 0.29) is 10.0 Å². The summed E-state index contributed by atoms with van der Waals surface area (Å²) in [5, 5.41) is 0. The molecule has 1 amide bonds. The Hall–Kier alpha value is -1.11. The Labute approximate surface area is 110 Å². The minimum Gasteiger partial charge on any atom is -0.341 e. The fourth-order valence-electron chi connectivity index (χ4n) is 1.26. The van der Waals surface area contributed by atoms with E-state index in [0.717, 1.165) is 17.0 Å². The van der Waals surface area contributed by atoms with Crippen molar-refractivity contribution in [1.29, 1.82) is 0 Å². The average molecular weight is 328 g/mol. The number of carbonyl (C=O) groups is 1. The number of hydrogen-bond donors (Lipinski definition) is 0. The molecule has 1 aromatic rings. The molecule has 100 valence electrons. The first-order valence-electron chi connectivity index (χ1n) is 4.98. The van der Waals surface area contributed by atoms with Gasteiger partial charge in [-0.05, 0) is 34.1 Å². The number of halogens is 5. The van der Waals surface area contributed by atoms with E-state index in [4.69, 9.17) is 0 Å². The molecule has 0 fully saturated rings. The van der Waals surface area contributed by atoms with Crippen LogP contribution in [0.5, 0.6) is 0 Å². The van der Waals surface area contributed by atoms with Crippen LogP contribution in [-0.2, 0) is 0 Å². The average Bonchev–Trinajstić information content (AvgIpc) is 2.24. The molecule has 0 aliphatic rings. The van der Waals surface area contributed by atoms with Crippen LogP contribution in [0.25, 0.3) is 0 Å². The first-order valence-corrected chi connectivity index (χ1v) is 5.77. The van der Waals surface area contributed by atoms with E-state index in [1.807, 2.05) is 0 Å². The van der Waals surface area contributed by atoms with E-state index in [0.29, 0.717) is 0 Å². The van der Waals surface area contributed by atoms with Gasteiger partial charge in [0, 0.05) is 18.1 Å². The lowest BCUT2D eigenvalue weighted by atomic mass is 10.2. The molecule has 0 bridgehead atoms. The van der Waals surface area contributed by atoms with Crippen LogP contribution in [0, 0.1) is 5.82 Å². The quantitative estimate of drug-likeness (QED) is 0.776. The molecule has 0 aromatic heterocycles. The summed E-state index contributed by atoms with van der Waals surface area (Å²) in [5.41, 5.74) is 0.126. The van der Waals surface area contributed by atoms with Crippen molar-refractivity contribution < 1.29 is 22.4 Å². The first kappa shape index (κ1) is 14.9. The van der Waals surface area contributed by atoms with Crippen molar-refractivity contribution in [2.45, 2.75) is 12.6 Å². The van der Waals surface area contributed by atoms with E-state index in [1.54, 1.807) is 0 Å². The van der Waals surface area contributed by atoms with Gasteiger partial charge in [-0.1, -0.05) is 0 Å². The highest BCUT2D eigenvalue weighted by Gasteiger charge is 2.28. The zero-order valence-corrected chi connectivity index (χ0v) is 11.0. The number of rotatable bonds is 3. The first-order chi connectivity index (χ1) is 8.20. The lowest BCUT2D eigenvalue weighted by molar-refractivity contribution is -0.136. The fourth-order valence-corrected chi connectivity index (χ4v) is 1.79. The molecule has 1 rings (SSSR count). The van der Waals surface area contributed by atoms with Gasteiger partial charge >= 0.3 is 6.18 Å². The van der Waals surface area contributed by atoms with E-state index >= 15 is 0 Å². The van der Waals surface area contributed by atoms with Crippen LogP contribution < -0.4 is 0 Å². The van der Waals surface area contributed by atoms with Crippen LogP contribution >= 0.6 is 15.9 Å². The second-order valence-electron chi connectivity index (χ2n) is 3.72. The molecule has 7 heteroatoms. The number of amides is 1. The zero-order chi connectivity index (χ0) is 13.9. The molecular formula is C11H10BrF4NO. The third-order valence-electron chi connectivity index (χ3n) is 2.24. The Balaban J connectivity index is 2.74. The number of benzene rings is 1. The van der Waals surface area contributed by atoms with Crippen molar-refractivity contribution in [3.8, 4) is 0 Å². The van der Waals surface area contributed by atoms with Gasteiger partial charge in [0.1, 0.15) is 5.82 Å². The van der Waals surface area contributed by atoms with E-state index in [1.165, 1.54) is 13.1 Å². The largest absolute Gasteiger partial charge is 0.390 e. The number of alkyl halides is 3. The van der Waals surface area contributed by atoms with Crippen molar-refractivity contribution in [3.63, 3.8) is 0 Å². The molecule has 0 spiro atoms. The summed E-state index contributed by atoms with van der Waals surface area (Å²) in [5.74, 6) is -1.12. The summed E-state index contributed by atoms with van der Waals surface area (Å²) in [7, 11) is 1.27. The minimum absolute atomic E-state index is 0.126. The Morgan fingerprint density at radius 2 is 2.00 bits per heavy atom. The Bertz CT molecular complexity index is 447. The third-order valence-corrected chi connectivity index (χ3v) is 2.90. The van der Waals surface area contributed by atoms with Crippen LogP contribution in [0.3, 0.4) is 0 Å². The summed E-state index contributed by atoms with van der Waals surface area (Å²) in [6.07, 6.45) is -5.39. The summed E-state index contributed by atoms with van der Waals surface area (Å²) >= 11 is 3.00. The standard InChI is InChI=1S/C11H10BrF4NO/c1-17(5-4-11(14,15)16)10(18)8-3-2-7(13)6-9(8)12/h2-3,6H,4-5H2,1H3. The summed E-state index contributed by atoms with van der Waals surface area (Å²) < 4.78 is 49.1. The second kappa shape index (κ2) is 5.69. The van der Waals surface area contributed by atoms with Crippen LogP contribution in [-0.4, -0.2) is 30.6 Å². The van der Waals surface area contributed by atoms with Gasteiger partial charge in [-0.3, -0.25) is 4.79 Å². The monoisotopic (exact) mass is 327 g/mol. The van der Waals surface area contributed by atoms with Gasteiger partial charge in [0.05, 0.1) is 12.0 Å². The van der Waals surface area contributed by atoms with Gasteiger partial charge in [-0.2, -0.15) is 13.2 Å². The number of hydrogen-bond acceptors (Lipinski definition) is 1. The number of nitrogens with zero attached hydrogens (tertiary/aromatic N) is 1. The van der Waals surface area contributed by atoms with Crippen LogP contribution in [0.4, 0.5) is 17.6 Å². The molecule has 0 heterocycles. The SMILES string of the molecule is CN(CCC(F)(F)F)C(=O)c1ccc(F)cc1Br. The molecule has 2 nitrogen and oxygen atoms in total. The highest BCUT2D eigenvalue weighted by molar-refractivity contribution is 9.10. The summed E-state index contributed by atoms with van der Waals surface area (Å²) in [6.45, 7) is -0.438. The predicted octanol–water partition coefficient (Wildman–Crippen LogP) is 3.61. The van der Waals surface area contributed by atoms with Gasteiger partial charge < -0.3 is 4.90 Å². The van der Waals surface area contributed by atoms with Crippen molar-refractivity contribution in [1.82, 2.24) is 4.90 Å². The molecule has 0 atom stereocenters. The number of carbonyl (C=O) groups excluding carboxylic acids is 1. The van der Waals surface area contributed by atoms with E-state index in [2.05, 4.69) is 15.9 Å². The van der Waals surface area contributed by atoms with Crippen LogP contribution in [0.1, 0.15) is 16.8 Å². The minimum atomic E-state index is -4.31. The van der Waals surface area contributed by atoms with Crippen molar-refractivity contribution in [2.24, 2.45) is 0 Å². The normalized spacial score (nSPS) is 11.4. The third kappa shape index (κ3) is 4.29. The second-order valence-corrected chi connectivity index (χ2v) is 4.57. The van der Waals surface area contributed by atoms with Gasteiger partial charge in [0.25, 0.3) is 5.91 Å². The predicted molar refractivity (Wildman–Crippen MR) is 61.7 cm³/mol. The summed E-state index contributed by atoms with van der Waals surface area (Å²) in [6, 6.07) is 3.40. The summed E-state index contributed by atoms with van der Waals surface area (Å²) in [4.78, 5) is 12.7. The van der Waals surface area contributed by atoms with Gasteiger partial charge in [-0.15, -0.1) is 0 Å². The molecule has 0 saturated heterocycles. The maximum Gasteiger partial charge on any atom is 0.390 e. The molecule has 0 N–H and O–H groups in total. The molecule has 0 aliphatic heterocycles. The Kier molecular flexibility index (Phi) is 4.72. The van der Waals surface area contributed by atoms with Gasteiger partial charge in [-0.25, -0.2) is 4.39 Å². The molecular weight excluding hydrogens is 318 g/mol. The van der Waals surface area contributed by atoms with Crippen molar-refractivity contribution >= 4 is 21.8 Å². The molecule has 0 saturated carbocycles. The lowest BCUT2D eigenvalue weighted by Crippen LogP contribution is -2.30. The smallest absolute Gasteiger partial charge is 0.341 e. The van der Waals surface area contributed by atoms with Crippen molar-refractivity contribution in [2.75, 3.05) is 13.6 Å². The van der Waals surface area contributed by atoms with Crippen LogP contribution in [0.2, 0.25) is 0 Å². The molecule has 0 aliphatic carbocycles. The Morgan fingerprint density at radius 1 is 1.39 bits per heavy atom. The maximum absolute atomic E-state index is 12.8. The highest BCUT2D eigenvalue weighted by atomic mass is 79.9. The lowest BCUT2D eigenvalue weighted by Gasteiger charge is -2.18. The zero-order valence-electron chi connectivity index (χ0n) is 9.39. The van der Waals surface area contributed by atoms with Crippen LogP contribution in [0.15, 0.2) is 22.7 Å². The van der Waals surface area contributed by atoms with Gasteiger partial charge in [0.2, 0.25) is 0 Å². The fraction of sp³-hybridized carbons (Fsp3) is 0.364. The Morgan fingerprint density at radius 3 is 2.50 bits per heavy atom. The topological polar surface area (TPSA) is 20.3 Å². The van der Waals surface area contributed by atoms with E-state index in [9.17, 15) is 22.4 Å².